The van der Waals surface area contributed by atoms with Crippen LogP contribution in [-0.4, -0.2) is 24.2 Å². The van der Waals surface area contributed by atoms with Gasteiger partial charge in [-0.05, 0) is 26.0 Å². The van der Waals surface area contributed by atoms with E-state index in [2.05, 4.69) is 16.4 Å². The number of rotatable bonds is 5. The van der Waals surface area contributed by atoms with Gasteiger partial charge in [-0.1, -0.05) is 18.2 Å². The number of para-hydroxylation sites is 1. The number of nitrogens with zero attached hydrogens (tertiary/aromatic N) is 2. The Morgan fingerprint density at radius 3 is 2.89 bits per heavy atom. The minimum absolute atomic E-state index is 0.210. The molecule has 1 aromatic carbocycles. The predicted molar refractivity (Wildman–Crippen MR) is 76.0 cm³/mol. The second-order valence-corrected chi connectivity index (χ2v) is 4.54. The second kappa shape index (κ2) is 6.17. The molecule has 0 radical (unpaired) electrons. The summed E-state index contributed by atoms with van der Waals surface area (Å²) in [6.45, 7) is 5.22. The largest absolute Gasteiger partial charge is 0.377 e. The fraction of sp³-hybridized carbons (Fsp3) is 0.333. The van der Waals surface area contributed by atoms with Crippen molar-refractivity contribution in [2.24, 2.45) is 0 Å². The molecule has 0 aliphatic heterocycles. The van der Waals surface area contributed by atoms with Gasteiger partial charge in [-0.25, -0.2) is 4.98 Å². The number of nitriles is 1. The van der Waals surface area contributed by atoms with Crippen molar-refractivity contribution in [3.63, 3.8) is 0 Å². The maximum atomic E-state index is 9.16. The topological polar surface area (TPSA) is 57.9 Å². The lowest BCUT2D eigenvalue weighted by atomic mass is 10.1. The van der Waals surface area contributed by atoms with E-state index in [1.54, 1.807) is 0 Å². The average Bonchev–Trinajstić information content (AvgIpc) is 2.42. The van der Waals surface area contributed by atoms with Crippen LogP contribution in [0.1, 0.15) is 19.4 Å². The first-order chi connectivity index (χ1) is 9.20. The molecule has 4 nitrogen and oxygen atoms in total. The van der Waals surface area contributed by atoms with E-state index in [0.717, 1.165) is 10.9 Å². The number of fused-ring (bicyclic) bond motifs is 1. The highest BCUT2D eigenvalue weighted by Gasteiger charge is 2.05. The summed E-state index contributed by atoms with van der Waals surface area (Å²) in [6, 6.07) is 11.8. The predicted octanol–water partition coefficient (Wildman–Crippen LogP) is 2.94. The molecule has 98 valence electrons. The molecule has 0 fully saturated rings. The van der Waals surface area contributed by atoms with Gasteiger partial charge in [-0.3, -0.25) is 0 Å². The molecule has 4 heteroatoms. The highest BCUT2D eigenvalue weighted by molar-refractivity contribution is 5.82. The zero-order valence-corrected chi connectivity index (χ0v) is 11.2. The Bertz CT molecular complexity index is 602. The first-order valence-corrected chi connectivity index (χ1v) is 6.36. The smallest absolute Gasteiger partial charge is 0.144 e. The third kappa shape index (κ3) is 3.43. The van der Waals surface area contributed by atoms with Crippen LogP contribution in [0.4, 0.5) is 5.82 Å². The number of anilines is 1. The summed E-state index contributed by atoms with van der Waals surface area (Å²) < 4.78 is 5.45. The number of hydrogen-bond donors (Lipinski definition) is 1. The third-order valence-electron chi connectivity index (χ3n) is 2.69. The molecule has 0 aliphatic rings. The van der Waals surface area contributed by atoms with Crippen LogP contribution in [0.15, 0.2) is 30.3 Å². The van der Waals surface area contributed by atoms with Crippen molar-refractivity contribution in [3.05, 3.63) is 35.9 Å². The number of ether oxygens (including phenoxy) is 1. The van der Waals surface area contributed by atoms with Crippen molar-refractivity contribution in [3.8, 4) is 6.07 Å². The molecule has 1 N–H and O–H groups in total. The second-order valence-electron chi connectivity index (χ2n) is 4.54. The SMILES string of the molecule is CC(C)OCCNc1nc2ccccc2cc1C#N. The van der Waals surface area contributed by atoms with Gasteiger partial charge in [0.25, 0.3) is 0 Å². The first kappa shape index (κ1) is 13.3. The monoisotopic (exact) mass is 255 g/mol. The van der Waals surface area contributed by atoms with Crippen molar-refractivity contribution in [2.75, 3.05) is 18.5 Å². The molecule has 0 saturated carbocycles. The molecule has 0 amide bonds. The molecule has 19 heavy (non-hydrogen) atoms. The zero-order valence-electron chi connectivity index (χ0n) is 11.2. The van der Waals surface area contributed by atoms with Crippen LogP contribution in [0.25, 0.3) is 10.9 Å². The van der Waals surface area contributed by atoms with Crippen LogP contribution in [0.2, 0.25) is 0 Å². The van der Waals surface area contributed by atoms with E-state index in [9.17, 15) is 0 Å². The minimum atomic E-state index is 0.210. The summed E-state index contributed by atoms with van der Waals surface area (Å²) in [5.41, 5.74) is 1.44. The molecule has 1 aromatic heterocycles. The summed E-state index contributed by atoms with van der Waals surface area (Å²) in [4.78, 5) is 4.47. The number of pyridine rings is 1. The van der Waals surface area contributed by atoms with Crippen molar-refractivity contribution in [2.45, 2.75) is 20.0 Å². The van der Waals surface area contributed by atoms with E-state index in [1.165, 1.54) is 0 Å². The van der Waals surface area contributed by atoms with Crippen LogP contribution in [-0.2, 0) is 4.74 Å². The van der Waals surface area contributed by atoms with Crippen molar-refractivity contribution < 1.29 is 4.74 Å². The van der Waals surface area contributed by atoms with Gasteiger partial charge >= 0.3 is 0 Å². The summed E-state index contributed by atoms with van der Waals surface area (Å²) in [5, 5.41) is 13.3. The quantitative estimate of drug-likeness (QED) is 0.834. The molecule has 0 spiro atoms. The van der Waals surface area contributed by atoms with Crippen LogP contribution < -0.4 is 5.32 Å². The Kier molecular flexibility index (Phi) is 4.32. The molecule has 1 heterocycles. The minimum Gasteiger partial charge on any atom is -0.377 e. The number of nitrogens with one attached hydrogen (secondary N) is 1. The van der Waals surface area contributed by atoms with Crippen molar-refractivity contribution >= 4 is 16.7 Å². The van der Waals surface area contributed by atoms with E-state index in [4.69, 9.17) is 10.00 Å². The molecule has 0 aliphatic carbocycles. The fourth-order valence-corrected chi connectivity index (χ4v) is 1.80. The van der Waals surface area contributed by atoms with E-state index in [0.29, 0.717) is 24.5 Å². The van der Waals surface area contributed by atoms with E-state index in [1.807, 2.05) is 44.2 Å². The maximum Gasteiger partial charge on any atom is 0.144 e. The molecular weight excluding hydrogens is 238 g/mol. The van der Waals surface area contributed by atoms with Gasteiger partial charge < -0.3 is 10.1 Å². The highest BCUT2D eigenvalue weighted by Crippen LogP contribution is 2.19. The Hall–Kier alpha value is -2.12. The number of benzene rings is 1. The van der Waals surface area contributed by atoms with Gasteiger partial charge in [0.2, 0.25) is 0 Å². The molecule has 0 atom stereocenters. The normalized spacial score (nSPS) is 10.6. The number of hydrogen-bond acceptors (Lipinski definition) is 4. The number of aromatic nitrogens is 1. The fourth-order valence-electron chi connectivity index (χ4n) is 1.80. The van der Waals surface area contributed by atoms with E-state index < -0.39 is 0 Å². The van der Waals surface area contributed by atoms with Gasteiger partial charge in [0.1, 0.15) is 11.9 Å². The van der Waals surface area contributed by atoms with E-state index in [-0.39, 0.29) is 6.10 Å². The van der Waals surface area contributed by atoms with E-state index >= 15 is 0 Å². The van der Waals surface area contributed by atoms with Crippen molar-refractivity contribution in [1.29, 1.82) is 5.26 Å². The highest BCUT2D eigenvalue weighted by atomic mass is 16.5. The zero-order chi connectivity index (χ0) is 13.7. The van der Waals surface area contributed by atoms with Crippen LogP contribution in [0.3, 0.4) is 0 Å². The van der Waals surface area contributed by atoms with Gasteiger partial charge in [0.15, 0.2) is 0 Å². The van der Waals surface area contributed by atoms with Crippen molar-refractivity contribution in [1.82, 2.24) is 4.98 Å². The Morgan fingerprint density at radius 2 is 2.16 bits per heavy atom. The average molecular weight is 255 g/mol. The lowest BCUT2D eigenvalue weighted by molar-refractivity contribution is 0.0870. The van der Waals surface area contributed by atoms with Crippen LogP contribution in [0, 0.1) is 11.3 Å². The molecule has 2 rings (SSSR count). The molecule has 0 bridgehead atoms. The van der Waals surface area contributed by atoms with Gasteiger partial charge in [-0.2, -0.15) is 5.26 Å². The Morgan fingerprint density at radius 1 is 1.37 bits per heavy atom. The molecule has 2 aromatic rings. The van der Waals surface area contributed by atoms with Gasteiger partial charge in [-0.15, -0.1) is 0 Å². The Balaban J connectivity index is 2.15. The standard InChI is InChI=1S/C15H17N3O/c1-11(2)19-8-7-17-15-13(10-16)9-12-5-3-4-6-14(12)18-15/h3-6,9,11H,7-8H2,1-2H3,(H,17,18). The molecular formula is C15H17N3O. The molecule has 0 unspecified atom stereocenters. The van der Waals surface area contributed by atoms with Gasteiger partial charge in [0, 0.05) is 11.9 Å². The summed E-state index contributed by atoms with van der Waals surface area (Å²) >= 11 is 0. The lowest BCUT2D eigenvalue weighted by Gasteiger charge is -2.10. The van der Waals surface area contributed by atoms with Crippen LogP contribution >= 0.6 is 0 Å². The Labute approximate surface area is 113 Å². The first-order valence-electron chi connectivity index (χ1n) is 6.36. The summed E-state index contributed by atoms with van der Waals surface area (Å²) in [5.74, 6) is 0.619. The van der Waals surface area contributed by atoms with Crippen LogP contribution in [0.5, 0.6) is 0 Å². The summed E-state index contributed by atoms with van der Waals surface area (Å²) in [7, 11) is 0. The third-order valence-corrected chi connectivity index (χ3v) is 2.69. The maximum absolute atomic E-state index is 9.16. The summed E-state index contributed by atoms with van der Waals surface area (Å²) in [6.07, 6.45) is 0.210. The van der Waals surface area contributed by atoms with Gasteiger partial charge in [0.05, 0.1) is 23.8 Å². The molecule has 0 saturated heterocycles. The lowest BCUT2D eigenvalue weighted by Crippen LogP contribution is -2.14.